The molecule has 28 heavy (non-hydrogen) atoms. The maximum absolute atomic E-state index is 12.7. The molecule has 2 aliphatic rings. The summed E-state index contributed by atoms with van der Waals surface area (Å²) in [6, 6.07) is 9.74. The van der Waals surface area contributed by atoms with Crippen molar-refractivity contribution in [1.29, 1.82) is 0 Å². The van der Waals surface area contributed by atoms with Gasteiger partial charge in [-0.25, -0.2) is 0 Å². The number of para-hydroxylation sites is 1. The van der Waals surface area contributed by atoms with Crippen LogP contribution in [0.2, 0.25) is 0 Å². The number of rotatable bonds is 6. The van der Waals surface area contributed by atoms with Gasteiger partial charge in [0.1, 0.15) is 0 Å². The summed E-state index contributed by atoms with van der Waals surface area (Å²) in [5, 5.41) is 7.47. The van der Waals surface area contributed by atoms with E-state index in [4.69, 9.17) is 4.74 Å². The van der Waals surface area contributed by atoms with E-state index in [1.807, 2.05) is 41.2 Å². The highest BCUT2D eigenvalue weighted by molar-refractivity contribution is 5.92. The van der Waals surface area contributed by atoms with Gasteiger partial charge >= 0.3 is 0 Å². The minimum Gasteiger partial charge on any atom is -0.373 e. The van der Waals surface area contributed by atoms with Crippen molar-refractivity contribution in [2.24, 2.45) is 11.8 Å². The van der Waals surface area contributed by atoms with E-state index >= 15 is 0 Å². The molecule has 0 saturated carbocycles. The molecule has 3 atom stereocenters. The topological polar surface area (TPSA) is 59.4 Å². The van der Waals surface area contributed by atoms with Crippen molar-refractivity contribution in [3.05, 3.63) is 48.3 Å². The predicted octanol–water partition coefficient (Wildman–Crippen LogP) is 3.33. The summed E-state index contributed by atoms with van der Waals surface area (Å²) < 4.78 is 8.00. The van der Waals surface area contributed by atoms with E-state index in [1.165, 1.54) is 5.56 Å². The number of nitrogens with zero attached hydrogens (tertiary/aromatic N) is 3. The van der Waals surface area contributed by atoms with Gasteiger partial charge in [-0.05, 0) is 44.9 Å². The van der Waals surface area contributed by atoms with Gasteiger partial charge < -0.3 is 15.0 Å². The number of hydrogen-bond donors (Lipinski definition) is 1. The summed E-state index contributed by atoms with van der Waals surface area (Å²) >= 11 is 0. The maximum Gasteiger partial charge on any atom is 0.228 e. The SMILES string of the molecule is CCn1cc([C@@H]2OCC[C@H]2CN2CCCC(C(=O)Nc3ccccc3)C2)cn1. The molecule has 3 heterocycles. The molecular weight excluding hydrogens is 352 g/mol. The van der Waals surface area contributed by atoms with Gasteiger partial charge in [-0.2, -0.15) is 5.10 Å². The number of piperidine rings is 1. The Balaban J connectivity index is 1.34. The number of aryl methyl sites for hydroxylation is 1. The van der Waals surface area contributed by atoms with Crippen molar-refractivity contribution >= 4 is 11.6 Å². The lowest BCUT2D eigenvalue weighted by Crippen LogP contribution is -2.43. The molecule has 1 N–H and O–H groups in total. The van der Waals surface area contributed by atoms with Crippen molar-refractivity contribution in [2.45, 2.75) is 38.8 Å². The molecule has 0 radical (unpaired) electrons. The van der Waals surface area contributed by atoms with E-state index in [9.17, 15) is 4.79 Å². The predicted molar refractivity (Wildman–Crippen MR) is 109 cm³/mol. The Kier molecular flexibility index (Phi) is 6.07. The summed E-state index contributed by atoms with van der Waals surface area (Å²) in [5.74, 6) is 0.655. The molecule has 0 spiro atoms. The molecule has 2 aliphatic heterocycles. The lowest BCUT2D eigenvalue weighted by molar-refractivity contribution is -0.121. The van der Waals surface area contributed by atoms with Gasteiger partial charge in [0.15, 0.2) is 0 Å². The molecule has 4 rings (SSSR count). The number of amides is 1. The highest BCUT2D eigenvalue weighted by Gasteiger charge is 2.34. The molecule has 6 heteroatoms. The van der Waals surface area contributed by atoms with E-state index in [0.29, 0.717) is 5.92 Å². The molecule has 2 aromatic rings. The zero-order chi connectivity index (χ0) is 19.3. The number of hydrogen-bond acceptors (Lipinski definition) is 4. The number of likely N-dealkylation sites (tertiary alicyclic amines) is 1. The van der Waals surface area contributed by atoms with Gasteiger partial charge in [0.25, 0.3) is 0 Å². The monoisotopic (exact) mass is 382 g/mol. The van der Waals surface area contributed by atoms with Crippen LogP contribution in [0.5, 0.6) is 0 Å². The molecule has 150 valence electrons. The molecule has 2 fully saturated rings. The number of benzene rings is 1. The van der Waals surface area contributed by atoms with Gasteiger partial charge in [-0.15, -0.1) is 0 Å². The third-order valence-corrected chi connectivity index (χ3v) is 5.93. The molecule has 0 bridgehead atoms. The van der Waals surface area contributed by atoms with E-state index < -0.39 is 0 Å². The highest BCUT2D eigenvalue weighted by Crippen LogP contribution is 2.35. The number of ether oxygens (including phenoxy) is 1. The summed E-state index contributed by atoms with van der Waals surface area (Å²) in [4.78, 5) is 15.2. The van der Waals surface area contributed by atoms with Gasteiger partial charge in [-0.1, -0.05) is 18.2 Å². The molecular formula is C22H30N4O2. The van der Waals surface area contributed by atoms with Crippen molar-refractivity contribution in [1.82, 2.24) is 14.7 Å². The van der Waals surface area contributed by atoms with Gasteiger partial charge in [0, 0.05) is 49.6 Å². The van der Waals surface area contributed by atoms with E-state index in [0.717, 1.165) is 57.7 Å². The van der Waals surface area contributed by atoms with Crippen LogP contribution >= 0.6 is 0 Å². The first-order valence-corrected chi connectivity index (χ1v) is 10.4. The number of anilines is 1. The number of nitrogens with one attached hydrogen (secondary N) is 1. The third kappa shape index (κ3) is 4.45. The first-order chi connectivity index (χ1) is 13.7. The second-order valence-electron chi connectivity index (χ2n) is 7.92. The molecule has 1 aromatic heterocycles. The third-order valence-electron chi connectivity index (χ3n) is 5.93. The van der Waals surface area contributed by atoms with Gasteiger partial charge in [0.05, 0.1) is 18.2 Å². The Morgan fingerprint density at radius 3 is 2.93 bits per heavy atom. The Morgan fingerprint density at radius 1 is 1.29 bits per heavy atom. The summed E-state index contributed by atoms with van der Waals surface area (Å²) in [6.45, 7) is 6.65. The molecule has 2 saturated heterocycles. The van der Waals surface area contributed by atoms with Crippen LogP contribution in [0.3, 0.4) is 0 Å². The maximum atomic E-state index is 12.7. The largest absolute Gasteiger partial charge is 0.373 e. The average molecular weight is 383 g/mol. The summed E-state index contributed by atoms with van der Waals surface area (Å²) in [5.41, 5.74) is 2.06. The van der Waals surface area contributed by atoms with Crippen LogP contribution in [0.25, 0.3) is 0 Å². The zero-order valence-electron chi connectivity index (χ0n) is 16.6. The van der Waals surface area contributed by atoms with Crippen LogP contribution in [-0.2, 0) is 16.1 Å². The Bertz CT molecular complexity index is 776. The first-order valence-electron chi connectivity index (χ1n) is 10.4. The van der Waals surface area contributed by atoms with Crippen LogP contribution in [0, 0.1) is 11.8 Å². The fraction of sp³-hybridized carbons (Fsp3) is 0.545. The fourth-order valence-corrected chi connectivity index (χ4v) is 4.42. The van der Waals surface area contributed by atoms with Crippen LogP contribution in [-0.4, -0.2) is 46.8 Å². The summed E-state index contributed by atoms with van der Waals surface area (Å²) in [6.07, 6.45) is 7.27. The minimum atomic E-state index is 0.0533. The van der Waals surface area contributed by atoms with E-state index in [2.05, 4.69) is 28.4 Å². The molecule has 1 amide bonds. The van der Waals surface area contributed by atoms with E-state index in [1.54, 1.807) is 0 Å². The molecule has 1 aromatic carbocycles. The average Bonchev–Trinajstić information content (AvgIpc) is 3.38. The minimum absolute atomic E-state index is 0.0533. The highest BCUT2D eigenvalue weighted by atomic mass is 16.5. The lowest BCUT2D eigenvalue weighted by atomic mass is 9.93. The first kappa shape index (κ1) is 19.2. The van der Waals surface area contributed by atoms with Crippen LogP contribution in [0.15, 0.2) is 42.7 Å². The number of aromatic nitrogens is 2. The Labute approximate surface area is 166 Å². The zero-order valence-corrected chi connectivity index (χ0v) is 16.6. The normalized spacial score (nSPS) is 25.7. The van der Waals surface area contributed by atoms with Crippen molar-refractivity contribution in [3.8, 4) is 0 Å². The standard InChI is InChI=1S/C22H30N4O2/c1-2-26-16-19(13-23-26)21-17(10-12-28-21)14-25-11-6-7-18(15-25)22(27)24-20-8-4-3-5-9-20/h3-5,8-9,13,16-18,21H,2,6-7,10-12,14-15H2,1H3,(H,24,27)/t17-,18?,21+/m0/s1. The molecule has 0 aliphatic carbocycles. The van der Waals surface area contributed by atoms with Crippen LogP contribution in [0.1, 0.15) is 37.9 Å². The fourth-order valence-electron chi connectivity index (χ4n) is 4.42. The number of carbonyl (C=O) groups excluding carboxylic acids is 1. The molecule has 6 nitrogen and oxygen atoms in total. The Morgan fingerprint density at radius 2 is 2.14 bits per heavy atom. The lowest BCUT2D eigenvalue weighted by Gasteiger charge is -2.34. The van der Waals surface area contributed by atoms with Crippen LogP contribution in [0.4, 0.5) is 5.69 Å². The summed E-state index contributed by atoms with van der Waals surface area (Å²) in [7, 11) is 0. The number of carbonyl (C=O) groups is 1. The van der Waals surface area contributed by atoms with Crippen molar-refractivity contribution in [2.75, 3.05) is 31.6 Å². The second-order valence-corrected chi connectivity index (χ2v) is 7.92. The van der Waals surface area contributed by atoms with Gasteiger partial charge in [0.2, 0.25) is 5.91 Å². The van der Waals surface area contributed by atoms with Crippen LogP contribution < -0.4 is 5.32 Å². The van der Waals surface area contributed by atoms with Crippen molar-refractivity contribution < 1.29 is 9.53 Å². The smallest absolute Gasteiger partial charge is 0.228 e. The molecule has 1 unspecified atom stereocenters. The van der Waals surface area contributed by atoms with Crippen molar-refractivity contribution in [3.63, 3.8) is 0 Å². The van der Waals surface area contributed by atoms with Gasteiger partial charge in [-0.3, -0.25) is 9.48 Å². The van der Waals surface area contributed by atoms with E-state index in [-0.39, 0.29) is 17.9 Å². The quantitative estimate of drug-likeness (QED) is 0.833. The Hall–Kier alpha value is -2.18. The second kappa shape index (κ2) is 8.88.